The van der Waals surface area contributed by atoms with Crippen LogP contribution in [0.3, 0.4) is 0 Å². The van der Waals surface area contributed by atoms with E-state index in [9.17, 15) is 26.1 Å². The first-order valence-electron chi connectivity index (χ1n) is 1.22. The Morgan fingerprint density at radius 2 is 0.889 bits per heavy atom. The molecule has 0 unspecified atom stereocenters. The van der Waals surface area contributed by atoms with E-state index in [1.54, 1.807) is 0 Å². The summed E-state index contributed by atoms with van der Waals surface area (Å²) in [5.41, 5.74) is 0. The summed E-state index contributed by atoms with van der Waals surface area (Å²) in [7, 11) is -3.67. The molecule has 0 amide bonds. The van der Waals surface area contributed by atoms with Gasteiger partial charge in [0.25, 0.3) is 0 Å². The Morgan fingerprint density at radius 1 is 0.889 bits per heavy atom. The van der Waals surface area contributed by atoms with Crippen LogP contribution in [-0.2, 0) is 0 Å². The standard InChI is InChI=1S/CF3.BF3.Li/c2*2-1(3)4;/q-1;;+1. The fourth-order valence-electron chi connectivity index (χ4n) is 0. The third-order valence-electron chi connectivity index (χ3n) is 0. The van der Waals surface area contributed by atoms with Crippen molar-refractivity contribution in [2.24, 2.45) is 0 Å². The van der Waals surface area contributed by atoms with Crippen LogP contribution in [0, 0.1) is 6.68 Å². The van der Waals surface area contributed by atoms with E-state index < -0.39 is 14.2 Å². The maximum atomic E-state index is 9.67. The molecule has 0 nitrogen and oxygen atoms in total. The van der Waals surface area contributed by atoms with Crippen LogP contribution in [0.2, 0.25) is 0 Å². The summed E-state index contributed by atoms with van der Waals surface area (Å²) in [4.78, 5) is 0. The maximum Gasteiger partial charge on any atom is 1.00 e. The fraction of sp³-hybridized carbons (Fsp3) is 0. The summed E-state index contributed by atoms with van der Waals surface area (Å²) in [6.45, 7) is -3.08. The normalized spacial score (nSPS) is 7.00. The maximum absolute atomic E-state index is 9.67. The van der Waals surface area contributed by atoms with Crippen molar-refractivity contribution in [1.29, 1.82) is 0 Å². The van der Waals surface area contributed by atoms with Crippen molar-refractivity contribution in [3.63, 3.8) is 0 Å². The molecule has 9 heavy (non-hydrogen) atoms. The zero-order chi connectivity index (χ0) is 7.15. The number of hydrogen-bond donors (Lipinski definition) is 0. The second kappa shape index (κ2) is 11.1. The van der Waals surface area contributed by atoms with Gasteiger partial charge >= 0.3 is 26.4 Å². The monoisotopic (exact) mass is 144 g/mol. The van der Waals surface area contributed by atoms with Crippen LogP contribution in [-0.4, -0.2) is 7.54 Å². The summed E-state index contributed by atoms with van der Waals surface area (Å²) >= 11 is 0. The number of halogens is 6. The third kappa shape index (κ3) is 5470. The summed E-state index contributed by atoms with van der Waals surface area (Å²) in [6, 6.07) is 0. The summed E-state index contributed by atoms with van der Waals surface area (Å²) in [5.74, 6) is 0. The topological polar surface area (TPSA) is 0 Å². The van der Waals surface area contributed by atoms with Gasteiger partial charge in [0.15, 0.2) is 6.68 Å². The van der Waals surface area contributed by atoms with Gasteiger partial charge in [0.05, 0.1) is 0 Å². The Hall–Kier alpha value is 0.242. The van der Waals surface area contributed by atoms with Crippen molar-refractivity contribution >= 4 is 7.54 Å². The van der Waals surface area contributed by atoms with Gasteiger partial charge in [-0.05, 0) is 0 Å². The van der Waals surface area contributed by atoms with Crippen LogP contribution >= 0.6 is 0 Å². The number of hydrogen-bond acceptors (Lipinski definition) is 0. The second-order valence-corrected chi connectivity index (χ2v) is 0.462. The summed E-state index contributed by atoms with van der Waals surface area (Å²) < 4.78 is 57.8. The molecule has 0 atom stereocenters. The van der Waals surface area contributed by atoms with Crippen LogP contribution in [0.25, 0.3) is 0 Å². The molecule has 0 aromatic rings. The van der Waals surface area contributed by atoms with Crippen LogP contribution in [0.5, 0.6) is 0 Å². The molecule has 0 bridgehead atoms. The largest absolute Gasteiger partial charge is 1.00 e. The third-order valence-corrected chi connectivity index (χ3v) is 0. The van der Waals surface area contributed by atoms with E-state index in [1.807, 2.05) is 0 Å². The summed E-state index contributed by atoms with van der Waals surface area (Å²) in [6.07, 6.45) is 0. The van der Waals surface area contributed by atoms with Crippen LogP contribution in [0.4, 0.5) is 26.1 Å². The van der Waals surface area contributed by atoms with Crippen LogP contribution in [0.15, 0.2) is 0 Å². The smallest absolute Gasteiger partial charge is 0.385 e. The minimum Gasteiger partial charge on any atom is -0.385 e. The van der Waals surface area contributed by atoms with Gasteiger partial charge < -0.3 is 13.2 Å². The van der Waals surface area contributed by atoms with Gasteiger partial charge in [0, 0.05) is 0 Å². The predicted molar refractivity (Wildman–Crippen MR) is 15.6 cm³/mol. The zero-order valence-electron chi connectivity index (χ0n) is 4.35. The van der Waals surface area contributed by atoms with Gasteiger partial charge in [-0.2, -0.15) is 0 Å². The molecule has 0 rings (SSSR count). The first-order chi connectivity index (χ1) is 3.46. The fourth-order valence-corrected chi connectivity index (χ4v) is 0. The van der Waals surface area contributed by atoms with Crippen molar-refractivity contribution in [2.45, 2.75) is 0 Å². The van der Waals surface area contributed by atoms with Crippen molar-refractivity contribution < 1.29 is 45.0 Å². The van der Waals surface area contributed by atoms with Gasteiger partial charge in [-0.15, -0.1) is 0 Å². The average Bonchev–Trinajstić information content (AvgIpc) is 1.25. The second-order valence-electron chi connectivity index (χ2n) is 0.462. The minimum absolute atomic E-state index is 0. The molecule has 0 aliphatic rings. The van der Waals surface area contributed by atoms with Crippen molar-refractivity contribution in [3.8, 4) is 0 Å². The van der Waals surface area contributed by atoms with E-state index in [4.69, 9.17) is 0 Å². The Bertz CT molecular complexity index is 28.5. The molecule has 0 aromatic carbocycles. The molecule has 8 heteroatoms. The molecule has 0 spiro atoms. The molecular weight excluding hydrogens is 144 g/mol. The molecule has 0 saturated heterocycles. The van der Waals surface area contributed by atoms with Gasteiger partial charge in [-0.3, -0.25) is 12.9 Å². The van der Waals surface area contributed by atoms with E-state index in [0.29, 0.717) is 0 Å². The van der Waals surface area contributed by atoms with E-state index in [2.05, 4.69) is 0 Å². The first kappa shape index (κ1) is 16.1. The van der Waals surface area contributed by atoms with Gasteiger partial charge in [0.1, 0.15) is 0 Å². The molecule has 0 saturated carbocycles. The van der Waals surface area contributed by atoms with Gasteiger partial charge in [-0.1, -0.05) is 0 Å². The van der Waals surface area contributed by atoms with Crippen molar-refractivity contribution in [3.05, 3.63) is 6.68 Å². The Kier molecular flexibility index (Phi) is 19.9. The molecule has 0 fully saturated rings. The van der Waals surface area contributed by atoms with Gasteiger partial charge in [-0.25, -0.2) is 0 Å². The first-order valence-corrected chi connectivity index (χ1v) is 1.22. The molecule has 0 aromatic heterocycles. The van der Waals surface area contributed by atoms with E-state index >= 15 is 0 Å². The number of rotatable bonds is 0. The minimum atomic E-state index is -3.67. The van der Waals surface area contributed by atoms with E-state index in [0.717, 1.165) is 0 Å². The van der Waals surface area contributed by atoms with Gasteiger partial charge in [0.2, 0.25) is 0 Å². The zero-order valence-corrected chi connectivity index (χ0v) is 4.35. The predicted octanol–water partition coefficient (Wildman–Crippen LogP) is -0.774. The van der Waals surface area contributed by atoms with Crippen LogP contribution in [0.1, 0.15) is 0 Å². The van der Waals surface area contributed by atoms with Crippen molar-refractivity contribution in [2.75, 3.05) is 0 Å². The Balaban J connectivity index is -0.0000000720. The SMILES string of the molecule is FB(F)F.F[C-](F)F.[Li+]. The Morgan fingerprint density at radius 3 is 0.889 bits per heavy atom. The molecule has 0 radical (unpaired) electrons. The van der Waals surface area contributed by atoms with Crippen LogP contribution < -0.4 is 18.9 Å². The molecule has 50 valence electrons. The molecule has 0 aliphatic heterocycles. The summed E-state index contributed by atoms with van der Waals surface area (Å²) in [5, 5.41) is 0. The molecule has 0 heterocycles. The molecule has 0 aliphatic carbocycles. The molecular formula is CBF6Li. The average molecular weight is 144 g/mol. The van der Waals surface area contributed by atoms with E-state index in [-0.39, 0.29) is 18.9 Å². The Labute approximate surface area is 60.0 Å². The quantitative estimate of drug-likeness (QED) is 0.237. The molecule has 0 N–H and O–H groups in total. The van der Waals surface area contributed by atoms with Crippen molar-refractivity contribution in [1.82, 2.24) is 0 Å². The van der Waals surface area contributed by atoms with E-state index in [1.165, 1.54) is 0 Å².